The lowest BCUT2D eigenvalue weighted by Crippen LogP contribution is -2.13. The summed E-state index contributed by atoms with van der Waals surface area (Å²) < 4.78 is 0. The summed E-state index contributed by atoms with van der Waals surface area (Å²) in [5.41, 5.74) is 0. The number of rotatable bonds is 1. The maximum absolute atomic E-state index is 11.3. The van der Waals surface area contributed by atoms with Crippen molar-refractivity contribution < 1.29 is 9.90 Å². The number of carboxylic acid groups (broad SMARTS) is 1. The first-order valence-corrected chi connectivity index (χ1v) is 9.53. The Balaban J connectivity index is 2.23. The molecule has 1 aliphatic carbocycles. The molecule has 2 heteroatoms. The Hall–Kier alpha value is -0.530. The van der Waals surface area contributed by atoms with Crippen LogP contribution in [0.2, 0.25) is 0 Å². The molecule has 1 N–H and O–H groups in total. The fourth-order valence-corrected chi connectivity index (χ4v) is 3.47. The van der Waals surface area contributed by atoms with E-state index in [4.69, 9.17) is 0 Å². The molecule has 0 spiro atoms. The van der Waals surface area contributed by atoms with Crippen molar-refractivity contribution in [3.63, 3.8) is 0 Å². The Kier molecular flexibility index (Phi) is 11.6. The molecule has 2 nitrogen and oxygen atoms in total. The quantitative estimate of drug-likeness (QED) is 0.613. The Morgan fingerprint density at radius 3 is 1.00 bits per heavy atom. The summed E-state index contributed by atoms with van der Waals surface area (Å²) in [5, 5.41) is 9.29. The zero-order valence-corrected chi connectivity index (χ0v) is 14.0. The fraction of sp³-hybridized carbons (Fsp3) is 0.947. The first kappa shape index (κ1) is 18.5. The highest BCUT2D eigenvalue weighted by Gasteiger charge is 2.16. The second-order valence-corrected chi connectivity index (χ2v) is 6.92. The van der Waals surface area contributed by atoms with E-state index in [0.29, 0.717) is 0 Å². The molecular weight excluding hydrogens is 260 g/mol. The van der Waals surface area contributed by atoms with Gasteiger partial charge >= 0.3 is 5.97 Å². The molecule has 0 radical (unpaired) electrons. The van der Waals surface area contributed by atoms with E-state index in [1.54, 1.807) is 0 Å². The van der Waals surface area contributed by atoms with Gasteiger partial charge < -0.3 is 5.11 Å². The molecule has 0 aromatic carbocycles. The van der Waals surface area contributed by atoms with Crippen LogP contribution in [0, 0.1) is 5.92 Å². The van der Waals surface area contributed by atoms with Gasteiger partial charge in [0.05, 0.1) is 5.92 Å². The third-order valence-electron chi connectivity index (χ3n) is 4.95. The Morgan fingerprint density at radius 2 is 0.762 bits per heavy atom. The van der Waals surface area contributed by atoms with E-state index < -0.39 is 5.97 Å². The van der Waals surface area contributed by atoms with E-state index in [1.165, 1.54) is 83.5 Å². The average Bonchev–Trinajstić information content (AvgIpc) is 2.47. The summed E-state index contributed by atoms with van der Waals surface area (Å²) in [6, 6.07) is 0. The van der Waals surface area contributed by atoms with Crippen molar-refractivity contribution in [2.75, 3.05) is 0 Å². The maximum atomic E-state index is 11.3. The van der Waals surface area contributed by atoms with Crippen molar-refractivity contribution in [2.24, 2.45) is 5.92 Å². The van der Waals surface area contributed by atoms with Gasteiger partial charge in [0, 0.05) is 0 Å². The molecule has 1 rings (SSSR count). The maximum Gasteiger partial charge on any atom is 0.306 e. The van der Waals surface area contributed by atoms with E-state index in [-0.39, 0.29) is 5.92 Å². The van der Waals surface area contributed by atoms with Crippen LogP contribution in [0.5, 0.6) is 0 Å². The molecular formula is C19H36O2. The molecule has 0 aliphatic heterocycles. The van der Waals surface area contributed by atoms with Gasteiger partial charge in [-0.25, -0.2) is 0 Å². The van der Waals surface area contributed by atoms with Gasteiger partial charge in [0.1, 0.15) is 0 Å². The van der Waals surface area contributed by atoms with Crippen LogP contribution >= 0.6 is 0 Å². The van der Waals surface area contributed by atoms with Crippen LogP contribution in [0.15, 0.2) is 0 Å². The summed E-state index contributed by atoms with van der Waals surface area (Å²) in [4.78, 5) is 11.3. The fourth-order valence-electron chi connectivity index (χ4n) is 3.47. The van der Waals surface area contributed by atoms with Crippen molar-refractivity contribution in [3.8, 4) is 0 Å². The van der Waals surface area contributed by atoms with E-state index in [2.05, 4.69) is 0 Å². The molecule has 1 aliphatic rings. The van der Waals surface area contributed by atoms with Crippen molar-refractivity contribution in [1.82, 2.24) is 0 Å². The van der Waals surface area contributed by atoms with Gasteiger partial charge in [-0.3, -0.25) is 4.79 Å². The third-order valence-corrected chi connectivity index (χ3v) is 4.95. The van der Waals surface area contributed by atoms with E-state index in [9.17, 15) is 9.90 Å². The standard InChI is InChI=1S/C19H36O2/c20-19(21)18-16-14-12-10-8-6-4-2-1-3-5-7-9-11-13-15-17-18/h18H,1-17H2,(H,20,21). The lowest BCUT2D eigenvalue weighted by molar-refractivity contribution is -0.142. The topological polar surface area (TPSA) is 37.3 Å². The normalized spacial score (nSPS) is 23.0. The lowest BCUT2D eigenvalue weighted by Gasteiger charge is -2.12. The molecule has 0 aromatic rings. The Morgan fingerprint density at radius 1 is 0.524 bits per heavy atom. The minimum absolute atomic E-state index is 0.0797. The van der Waals surface area contributed by atoms with Crippen LogP contribution < -0.4 is 0 Å². The predicted molar refractivity (Wildman–Crippen MR) is 89.6 cm³/mol. The largest absolute Gasteiger partial charge is 0.481 e. The highest BCUT2D eigenvalue weighted by atomic mass is 16.4. The predicted octanol–water partition coefficient (Wildman–Crippen LogP) is 6.33. The van der Waals surface area contributed by atoms with Gasteiger partial charge in [0.2, 0.25) is 0 Å². The Labute approximate surface area is 131 Å². The minimum Gasteiger partial charge on any atom is -0.481 e. The summed E-state index contributed by atoms with van der Waals surface area (Å²) in [6.07, 6.45) is 21.6. The number of aliphatic carboxylic acids is 1. The first-order valence-electron chi connectivity index (χ1n) is 9.53. The molecule has 0 bridgehead atoms. The summed E-state index contributed by atoms with van der Waals surface area (Å²) in [7, 11) is 0. The zero-order chi connectivity index (χ0) is 15.2. The monoisotopic (exact) mass is 296 g/mol. The van der Waals surface area contributed by atoms with Crippen molar-refractivity contribution in [2.45, 2.75) is 109 Å². The van der Waals surface area contributed by atoms with Gasteiger partial charge in [0.15, 0.2) is 0 Å². The molecule has 21 heavy (non-hydrogen) atoms. The molecule has 0 unspecified atom stereocenters. The summed E-state index contributed by atoms with van der Waals surface area (Å²) >= 11 is 0. The minimum atomic E-state index is -0.565. The summed E-state index contributed by atoms with van der Waals surface area (Å²) in [5.74, 6) is -0.645. The Bertz CT molecular complexity index is 232. The third kappa shape index (κ3) is 10.8. The van der Waals surface area contributed by atoms with Gasteiger partial charge in [-0.15, -0.1) is 0 Å². The molecule has 0 amide bonds. The van der Waals surface area contributed by atoms with Crippen LogP contribution in [0.3, 0.4) is 0 Å². The summed E-state index contributed by atoms with van der Waals surface area (Å²) in [6.45, 7) is 0. The van der Waals surface area contributed by atoms with E-state index in [0.717, 1.165) is 25.7 Å². The zero-order valence-electron chi connectivity index (χ0n) is 14.0. The average molecular weight is 296 g/mol. The van der Waals surface area contributed by atoms with E-state index >= 15 is 0 Å². The molecule has 0 atom stereocenters. The smallest absolute Gasteiger partial charge is 0.306 e. The van der Waals surface area contributed by atoms with Gasteiger partial charge in [-0.1, -0.05) is 96.3 Å². The van der Waals surface area contributed by atoms with Crippen molar-refractivity contribution in [3.05, 3.63) is 0 Å². The SMILES string of the molecule is O=C(O)C1CCCCCCCCCCCCCCCCC1. The second-order valence-electron chi connectivity index (χ2n) is 6.92. The molecule has 1 saturated carbocycles. The van der Waals surface area contributed by atoms with Crippen LogP contribution in [0.4, 0.5) is 0 Å². The van der Waals surface area contributed by atoms with Crippen LogP contribution in [0.25, 0.3) is 0 Å². The number of hydrogen-bond acceptors (Lipinski definition) is 1. The lowest BCUT2D eigenvalue weighted by atomic mass is 9.94. The molecule has 0 saturated heterocycles. The number of hydrogen-bond donors (Lipinski definition) is 1. The molecule has 1 fully saturated rings. The van der Waals surface area contributed by atoms with E-state index in [1.807, 2.05) is 0 Å². The van der Waals surface area contributed by atoms with Crippen molar-refractivity contribution >= 4 is 5.97 Å². The molecule has 124 valence electrons. The highest BCUT2D eigenvalue weighted by molar-refractivity contribution is 5.69. The van der Waals surface area contributed by atoms with Crippen molar-refractivity contribution in [1.29, 1.82) is 0 Å². The first-order chi connectivity index (χ1) is 10.3. The van der Waals surface area contributed by atoms with Crippen LogP contribution in [-0.4, -0.2) is 11.1 Å². The van der Waals surface area contributed by atoms with Crippen LogP contribution in [0.1, 0.15) is 109 Å². The molecule has 0 aromatic heterocycles. The molecule has 0 heterocycles. The second kappa shape index (κ2) is 13.2. The van der Waals surface area contributed by atoms with Crippen LogP contribution in [-0.2, 0) is 4.79 Å². The number of carbonyl (C=O) groups is 1. The van der Waals surface area contributed by atoms with Gasteiger partial charge in [-0.2, -0.15) is 0 Å². The van der Waals surface area contributed by atoms with Gasteiger partial charge in [0.25, 0.3) is 0 Å². The van der Waals surface area contributed by atoms with Gasteiger partial charge in [-0.05, 0) is 12.8 Å². The highest BCUT2D eigenvalue weighted by Crippen LogP contribution is 2.20. The number of carboxylic acids is 1.